The first-order valence-corrected chi connectivity index (χ1v) is 12.3. The molecule has 1 aliphatic rings. The van der Waals surface area contributed by atoms with Crippen molar-refractivity contribution < 1.29 is 14.3 Å². The maximum Gasteiger partial charge on any atom is 0.328 e. The summed E-state index contributed by atoms with van der Waals surface area (Å²) in [6.07, 6.45) is 5.84. The number of carbonyl (C=O) groups is 1. The van der Waals surface area contributed by atoms with Crippen LogP contribution in [0.15, 0.2) is 72.3 Å². The van der Waals surface area contributed by atoms with Crippen molar-refractivity contribution in [3.63, 3.8) is 0 Å². The number of carboxylic acid groups (broad SMARTS) is 1. The van der Waals surface area contributed by atoms with E-state index < -0.39 is 5.97 Å². The van der Waals surface area contributed by atoms with Crippen molar-refractivity contribution in [2.45, 2.75) is 19.3 Å². The molecule has 3 nitrogen and oxygen atoms in total. The normalized spacial score (nSPS) is 14.9. The van der Waals surface area contributed by atoms with Gasteiger partial charge in [-0.15, -0.1) is 11.3 Å². The van der Waals surface area contributed by atoms with Crippen molar-refractivity contribution in [3.05, 3.63) is 105 Å². The van der Waals surface area contributed by atoms with E-state index in [2.05, 4.69) is 23.2 Å². The van der Waals surface area contributed by atoms with E-state index in [1.54, 1.807) is 23.5 Å². The van der Waals surface area contributed by atoms with Crippen molar-refractivity contribution in [1.82, 2.24) is 4.98 Å². The third kappa shape index (κ3) is 4.54. The summed E-state index contributed by atoms with van der Waals surface area (Å²) in [6.45, 7) is 0. The number of hydrogen-bond donors (Lipinski definition) is 1. The second-order valence-electron chi connectivity index (χ2n) is 8.37. The van der Waals surface area contributed by atoms with Gasteiger partial charge in [0.2, 0.25) is 0 Å². The molecule has 0 spiro atoms. The smallest absolute Gasteiger partial charge is 0.328 e. The third-order valence-corrected chi connectivity index (χ3v) is 7.38. The summed E-state index contributed by atoms with van der Waals surface area (Å²) in [4.78, 5) is 15.4. The third-order valence-electron chi connectivity index (χ3n) is 6.24. The predicted octanol–water partition coefficient (Wildman–Crippen LogP) is 7.95. The Morgan fingerprint density at radius 3 is 2.53 bits per heavy atom. The van der Waals surface area contributed by atoms with E-state index in [4.69, 9.17) is 16.7 Å². The van der Waals surface area contributed by atoms with Crippen molar-refractivity contribution in [2.75, 3.05) is 0 Å². The number of benzene rings is 3. The van der Waals surface area contributed by atoms with Crippen LogP contribution in [0.3, 0.4) is 0 Å². The molecule has 0 amide bonds. The molecule has 0 unspecified atom stereocenters. The van der Waals surface area contributed by atoms with Gasteiger partial charge in [0, 0.05) is 16.7 Å². The van der Waals surface area contributed by atoms with Crippen LogP contribution in [-0.2, 0) is 4.79 Å². The van der Waals surface area contributed by atoms with Crippen molar-refractivity contribution in [1.29, 1.82) is 0 Å². The van der Waals surface area contributed by atoms with E-state index in [9.17, 15) is 9.18 Å². The summed E-state index contributed by atoms with van der Waals surface area (Å²) in [5.41, 5.74) is 8.25. The average molecular weight is 490 g/mol. The molecule has 0 saturated heterocycles. The highest BCUT2D eigenvalue weighted by Crippen LogP contribution is 2.47. The number of rotatable bonds is 6. The first-order chi connectivity index (χ1) is 16.5. The number of allylic oxidation sites excluding steroid dienone is 1. The molecule has 1 heterocycles. The number of nitrogens with zero attached hydrogens (tertiary/aromatic N) is 1. The molecule has 0 bridgehead atoms. The van der Waals surface area contributed by atoms with E-state index in [1.807, 2.05) is 29.8 Å². The van der Waals surface area contributed by atoms with E-state index in [-0.39, 0.29) is 11.7 Å². The lowest BCUT2D eigenvalue weighted by Crippen LogP contribution is -2.15. The largest absolute Gasteiger partial charge is 0.478 e. The van der Waals surface area contributed by atoms with Crippen LogP contribution in [0.5, 0.6) is 0 Å². The van der Waals surface area contributed by atoms with Gasteiger partial charge < -0.3 is 5.11 Å². The summed E-state index contributed by atoms with van der Waals surface area (Å²) in [7, 11) is 0. The Balaban J connectivity index is 1.76. The summed E-state index contributed by atoms with van der Waals surface area (Å²) in [5, 5.41) is 9.46. The predicted molar refractivity (Wildman–Crippen MR) is 137 cm³/mol. The van der Waals surface area contributed by atoms with Gasteiger partial charge in [-0.05, 0) is 83.0 Å². The van der Waals surface area contributed by atoms with Crippen LogP contribution in [0.25, 0.3) is 27.4 Å². The Labute approximate surface area is 205 Å². The second-order valence-corrected chi connectivity index (χ2v) is 9.66. The molecule has 170 valence electrons. The van der Waals surface area contributed by atoms with E-state index in [0.29, 0.717) is 5.02 Å². The molecule has 0 aliphatic heterocycles. The van der Waals surface area contributed by atoms with Gasteiger partial charge in [0.25, 0.3) is 0 Å². The minimum Gasteiger partial charge on any atom is -0.478 e. The van der Waals surface area contributed by atoms with Gasteiger partial charge in [0.1, 0.15) is 5.82 Å². The summed E-state index contributed by atoms with van der Waals surface area (Å²) >= 11 is 8.22. The monoisotopic (exact) mass is 489 g/mol. The van der Waals surface area contributed by atoms with Gasteiger partial charge in [-0.2, -0.15) is 0 Å². The molecule has 1 saturated carbocycles. The van der Waals surface area contributed by atoms with Crippen LogP contribution in [0.2, 0.25) is 5.02 Å². The number of thiazole rings is 1. The molecule has 5 rings (SSSR count). The van der Waals surface area contributed by atoms with E-state index in [0.717, 1.165) is 69.0 Å². The minimum absolute atomic E-state index is 0.270. The van der Waals surface area contributed by atoms with E-state index in [1.165, 1.54) is 12.1 Å². The summed E-state index contributed by atoms with van der Waals surface area (Å²) < 4.78 is 15.5. The van der Waals surface area contributed by atoms with Crippen LogP contribution in [0.4, 0.5) is 4.39 Å². The number of aliphatic carboxylic acids is 1. The second kappa shape index (κ2) is 9.53. The molecule has 1 aliphatic carbocycles. The Kier molecular flexibility index (Phi) is 6.31. The molecule has 3 aromatic carbocycles. The zero-order valence-electron chi connectivity index (χ0n) is 18.2. The quantitative estimate of drug-likeness (QED) is 0.221. The van der Waals surface area contributed by atoms with Crippen LogP contribution in [-0.4, -0.2) is 16.1 Å². The molecule has 0 radical (unpaired) electrons. The zero-order valence-corrected chi connectivity index (χ0v) is 19.7. The summed E-state index contributed by atoms with van der Waals surface area (Å²) in [6, 6.07) is 18.5. The lowest BCUT2D eigenvalue weighted by Gasteiger charge is -2.32. The van der Waals surface area contributed by atoms with Gasteiger partial charge >= 0.3 is 5.97 Å². The zero-order chi connectivity index (χ0) is 23.7. The Hall–Kier alpha value is -3.28. The lowest BCUT2D eigenvalue weighted by atomic mass is 9.73. The van der Waals surface area contributed by atoms with E-state index >= 15 is 0 Å². The number of fused-ring (bicyclic) bond motifs is 1. The highest BCUT2D eigenvalue weighted by atomic mass is 35.5. The lowest BCUT2D eigenvalue weighted by molar-refractivity contribution is -0.131. The molecule has 0 atom stereocenters. The molecule has 34 heavy (non-hydrogen) atoms. The number of hydrogen-bond acceptors (Lipinski definition) is 3. The Morgan fingerprint density at radius 1 is 1.06 bits per heavy atom. The van der Waals surface area contributed by atoms with Crippen molar-refractivity contribution in [2.24, 2.45) is 5.92 Å². The maximum absolute atomic E-state index is 14.4. The Morgan fingerprint density at radius 2 is 1.82 bits per heavy atom. The highest BCUT2D eigenvalue weighted by Gasteiger charge is 2.29. The molecule has 1 aromatic heterocycles. The molecule has 1 N–H and O–H groups in total. The summed E-state index contributed by atoms with van der Waals surface area (Å²) in [5.74, 6) is -1.04. The molecular formula is C28H21ClFNO2S. The topological polar surface area (TPSA) is 50.2 Å². The van der Waals surface area contributed by atoms with Gasteiger partial charge in [-0.25, -0.2) is 14.2 Å². The molecule has 4 aromatic rings. The number of carboxylic acids is 1. The molecule has 1 fully saturated rings. The van der Waals surface area contributed by atoms with Crippen LogP contribution < -0.4 is 0 Å². The first kappa shape index (κ1) is 22.5. The van der Waals surface area contributed by atoms with Crippen LogP contribution in [0, 0.1) is 11.7 Å². The highest BCUT2D eigenvalue weighted by molar-refractivity contribution is 7.16. The fourth-order valence-corrected chi connectivity index (χ4v) is 5.26. The van der Waals surface area contributed by atoms with Gasteiger partial charge in [0.15, 0.2) is 0 Å². The standard InChI is InChI=1S/C28H21ClFNO2S/c29-23-11-10-21(30)15-22(23)28(18-2-1-3-18)27(20-9-12-25-24(14-20)31-16-34-25)19-7-4-17(5-8-19)6-13-26(32)33/h4-16,18H,1-3H2,(H,32,33)/b13-6+,28-27+. The van der Waals surface area contributed by atoms with Crippen molar-refractivity contribution in [3.8, 4) is 0 Å². The first-order valence-electron chi connectivity index (χ1n) is 11.0. The molecular weight excluding hydrogens is 469 g/mol. The Bertz CT molecular complexity index is 1430. The fourth-order valence-electron chi connectivity index (χ4n) is 4.38. The van der Waals surface area contributed by atoms with Gasteiger partial charge in [-0.1, -0.05) is 48.4 Å². The molecule has 6 heteroatoms. The fraction of sp³-hybridized carbons (Fsp3) is 0.143. The number of aromatic nitrogens is 1. The van der Waals surface area contributed by atoms with Gasteiger partial charge in [-0.3, -0.25) is 0 Å². The SMILES string of the molecule is O=C(O)/C=C/c1ccc(/C(=C(\c2cc(F)ccc2Cl)C2CCC2)c2ccc3scnc3c2)cc1. The van der Waals surface area contributed by atoms with Gasteiger partial charge in [0.05, 0.1) is 15.7 Å². The van der Waals surface area contributed by atoms with Crippen LogP contribution >= 0.6 is 22.9 Å². The minimum atomic E-state index is -0.991. The number of halogens is 2. The van der Waals surface area contributed by atoms with Crippen LogP contribution in [0.1, 0.15) is 41.5 Å². The maximum atomic E-state index is 14.4. The average Bonchev–Trinajstić information content (AvgIpc) is 3.26. The van der Waals surface area contributed by atoms with Crippen molar-refractivity contribution >= 4 is 56.3 Å².